The van der Waals surface area contributed by atoms with Gasteiger partial charge in [-0.15, -0.1) is 0 Å². The lowest BCUT2D eigenvalue weighted by Gasteiger charge is -2.20. The van der Waals surface area contributed by atoms with Gasteiger partial charge in [0.25, 0.3) is 5.91 Å². The van der Waals surface area contributed by atoms with E-state index in [1.807, 2.05) is 35.3 Å². The number of aryl methyl sites for hydroxylation is 2. The zero-order valence-corrected chi connectivity index (χ0v) is 15.3. The number of hydrogen-bond donors (Lipinski definition) is 1. The van der Waals surface area contributed by atoms with Gasteiger partial charge in [0.2, 0.25) is 0 Å². The number of ether oxygens (including phenoxy) is 1. The molecule has 0 aliphatic carbocycles. The minimum atomic E-state index is -0.0779. The van der Waals surface area contributed by atoms with Crippen molar-refractivity contribution in [1.82, 2.24) is 24.5 Å². The van der Waals surface area contributed by atoms with Crippen LogP contribution in [0.4, 0.5) is 0 Å². The van der Waals surface area contributed by atoms with Crippen LogP contribution in [0, 0.1) is 19.8 Å². The van der Waals surface area contributed by atoms with Crippen molar-refractivity contribution in [3.8, 4) is 0 Å². The molecule has 0 aromatic carbocycles. The molecule has 26 heavy (non-hydrogen) atoms. The molecule has 0 radical (unpaired) electrons. The number of hydrogen-bond acceptors (Lipinski definition) is 4. The second kappa shape index (κ2) is 6.57. The van der Waals surface area contributed by atoms with Gasteiger partial charge in [-0.2, -0.15) is 5.10 Å². The first-order valence-electron chi connectivity index (χ1n) is 8.87. The Hall–Kier alpha value is -2.67. The predicted octanol–water partition coefficient (Wildman–Crippen LogP) is 2.19. The number of aromatic nitrogens is 4. The van der Waals surface area contributed by atoms with Crippen LogP contribution in [0.2, 0.25) is 0 Å². The first-order chi connectivity index (χ1) is 12.5. The van der Waals surface area contributed by atoms with E-state index in [-0.39, 0.29) is 17.9 Å². The SMILES string of the molecule is Cc1nn(C)c(C)c1[C@H]1OCC[C@@H]1CNC(=O)c1ccc2nccn2c1. The normalized spacial score (nSPS) is 20.0. The van der Waals surface area contributed by atoms with Crippen LogP contribution in [-0.4, -0.2) is 38.2 Å². The van der Waals surface area contributed by atoms with Crippen molar-refractivity contribution >= 4 is 11.6 Å². The Kier molecular flexibility index (Phi) is 4.24. The fraction of sp³-hybridized carbons (Fsp3) is 0.421. The molecule has 1 aliphatic rings. The third-order valence-corrected chi connectivity index (χ3v) is 5.24. The van der Waals surface area contributed by atoms with Crippen molar-refractivity contribution in [2.45, 2.75) is 26.4 Å². The Morgan fingerprint density at radius 1 is 1.38 bits per heavy atom. The largest absolute Gasteiger partial charge is 0.373 e. The van der Waals surface area contributed by atoms with E-state index in [0.29, 0.717) is 18.7 Å². The topological polar surface area (TPSA) is 73.4 Å². The Morgan fingerprint density at radius 2 is 2.23 bits per heavy atom. The van der Waals surface area contributed by atoms with E-state index < -0.39 is 0 Å². The summed E-state index contributed by atoms with van der Waals surface area (Å²) < 4.78 is 9.73. The summed E-state index contributed by atoms with van der Waals surface area (Å²) in [5.41, 5.74) is 4.73. The summed E-state index contributed by atoms with van der Waals surface area (Å²) in [6, 6.07) is 3.65. The van der Waals surface area contributed by atoms with Crippen LogP contribution in [0.5, 0.6) is 0 Å². The summed E-state index contributed by atoms with van der Waals surface area (Å²) in [5, 5.41) is 7.56. The second-order valence-corrected chi connectivity index (χ2v) is 6.87. The zero-order chi connectivity index (χ0) is 18.3. The molecule has 0 bridgehead atoms. The van der Waals surface area contributed by atoms with Crippen LogP contribution < -0.4 is 5.32 Å². The van der Waals surface area contributed by atoms with E-state index in [2.05, 4.69) is 22.3 Å². The number of nitrogens with one attached hydrogen (secondary N) is 1. The molecule has 136 valence electrons. The van der Waals surface area contributed by atoms with Gasteiger partial charge in [-0.3, -0.25) is 9.48 Å². The molecule has 0 saturated carbocycles. The van der Waals surface area contributed by atoms with E-state index in [9.17, 15) is 4.79 Å². The van der Waals surface area contributed by atoms with Gasteiger partial charge in [0.05, 0.1) is 17.4 Å². The van der Waals surface area contributed by atoms with Crippen LogP contribution in [0.1, 0.15) is 39.8 Å². The summed E-state index contributed by atoms with van der Waals surface area (Å²) in [7, 11) is 1.95. The predicted molar refractivity (Wildman–Crippen MR) is 97.0 cm³/mol. The number of pyridine rings is 1. The van der Waals surface area contributed by atoms with E-state index in [1.54, 1.807) is 18.5 Å². The maximum absolute atomic E-state index is 12.5. The van der Waals surface area contributed by atoms with Gasteiger partial charge in [0.15, 0.2) is 0 Å². The number of carbonyl (C=O) groups excluding carboxylic acids is 1. The molecule has 0 unspecified atom stereocenters. The number of carbonyl (C=O) groups is 1. The fourth-order valence-corrected chi connectivity index (χ4v) is 3.74. The van der Waals surface area contributed by atoms with Gasteiger partial charge in [0.1, 0.15) is 5.65 Å². The smallest absolute Gasteiger partial charge is 0.252 e. The van der Waals surface area contributed by atoms with Crippen LogP contribution in [0.3, 0.4) is 0 Å². The number of nitrogens with zero attached hydrogens (tertiary/aromatic N) is 4. The molecule has 1 amide bonds. The molecule has 1 N–H and O–H groups in total. The number of imidazole rings is 1. The monoisotopic (exact) mass is 353 g/mol. The van der Waals surface area contributed by atoms with Gasteiger partial charge >= 0.3 is 0 Å². The number of amides is 1. The second-order valence-electron chi connectivity index (χ2n) is 6.87. The highest BCUT2D eigenvalue weighted by molar-refractivity contribution is 5.94. The van der Waals surface area contributed by atoms with Crippen molar-refractivity contribution in [2.75, 3.05) is 13.2 Å². The summed E-state index contributed by atoms with van der Waals surface area (Å²) in [6.45, 7) is 5.37. The third-order valence-electron chi connectivity index (χ3n) is 5.24. The van der Waals surface area contributed by atoms with Crippen molar-refractivity contribution in [3.63, 3.8) is 0 Å². The molecule has 1 aliphatic heterocycles. The lowest BCUT2D eigenvalue weighted by molar-refractivity contribution is 0.0840. The zero-order valence-electron chi connectivity index (χ0n) is 15.3. The van der Waals surface area contributed by atoms with Crippen molar-refractivity contribution in [3.05, 3.63) is 53.2 Å². The Morgan fingerprint density at radius 3 is 3.00 bits per heavy atom. The molecule has 0 spiro atoms. The van der Waals surface area contributed by atoms with E-state index in [1.165, 1.54) is 0 Å². The van der Waals surface area contributed by atoms with Crippen molar-refractivity contribution in [1.29, 1.82) is 0 Å². The molecule has 7 nitrogen and oxygen atoms in total. The lowest BCUT2D eigenvalue weighted by Crippen LogP contribution is -2.31. The average Bonchev–Trinajstić information content (AvgIpc) is 3.32. The van der Waals surface area contributed by atoms with Crippen LogP contribution in [-0.2, 0) is 11.8 Å². The summed E-state index contributed by atoms with van der Waals surface area (Å²) in [4.78, 5) is 16.7. The average molecular weight is 353 g/mol. The van der Waals surface area contributed by atoms with Gasteiger partial charge in [0, 0.05) is 56.0 Å². The molecule has 4 heterocycles. The van der Waals surface area contributed by atoms with E-state index in [4.69, 9.17) is 4.74 Å². The van der Waals surface area contributed by atoms with Crippen LogP contribution >= 0.6 is 0 Å². The quantitative estimate of drug-likeness (QED) is 0.780. The minimum Gasteiger partial charge on any atom is -0.373 e. The van der Waals surface area contributed by atoms with E-state index in [0.717, 1.165) is 29.0 Å². The van der Waals surface area contributed by atoms with Gasteiger partial charge in [-0.25, -0.2) is 4.98 Å². The molecule has 2 atom stereocenters. The Balaban J connectivity index is 1.47. The van der Waals surface area contributed by atoms with Gasteiger partial charge in [-0.05, 0) is 32.4 Å². The molecule has 3 aromatic heterocycles. The molecule has 3 aromatic rings. The standard InChI is InChI=1S/C19H23N5O2/c1-12-17(13(2)23(3)22-12)18-14(6-9-26-18)10-21-19(25)15-4-5-16-20-7-8-24(16)11-15/h4-5,7-8,11,14,18H,6,9-10H2,1-3H3,(H,21,25)/t14-,18+/m1/s1. The molecular weight excluding hydrogens is 330 g/mol. The Bertz CT molecular complexity index is 958. The van der Waals surface area contributed by atoms with Crippen LogP contribution in [0.25, 0.3) is 5.65 Å². The summed E-state index contributed by atoms with van der Waals surface area (Å²) in [5.74, 6) is 0.170. The first kappa shape index (κ1) is 16.8. The Labute approximate surface area is 152 Å². The fourth-order valence-electron chi connectivity index (χ4n) is 3.74. The maximum Gasteiger partial charge on any atom is 0.252 e. The third kappa shape index (κ3) is 2.88. The van der Waals surface area contributed by atoms with Crippen LogP contribution in [0.15, 0.2) is 30.7 Å². The number of rotatable bonds is 4. The highest BCUT2D eigenvalue weighted by Crippen LogP contribution is 2.37. The summed E-state index contributed by atoms with van der Waals surface area (Å²) in [6.07, 6.45) is 6.27. The molecule has 1 saturated heterocycles. The van der Waals surface area contributed by atoms with Gasteiger partial charge < -0.3 is 14.5 Å². The maximum atomic E-state index is 12.5. The molecule has 4 rings (SSSR count). The minimum absolute atomic E-state index is 0.0138. The lowest BCUT2D eigenvalue weighted by atomic mass is 9.94. The summed E-state index contributed by atoms with van der Waals surface area (Å²) >= 11 is 0. The highest BCUT2D eigenvalue weighted by Gasteiger charge is 2.33. The highest BCUT2D eigenvalue weighted by atomic mass is 16.5. The van der Waals surface area contributed by atoms with E-state index >= 15 is 0 Å². The van der Waals surface area contributed by atoms with Crippen molar-refractivity contribution in [2.24, 2.45) is 13.0 Å². The van der Waals surface area contributed by atoms with Gasteiger partial charge in [-0.1, -0.05) is 0 Å². The van der Waals surface area contributed by atoms with Crippen molar-refractivity contribution < 1.29 is 9.53 Å². The number of fused-ring (bicyclic) bond motifs is 1. The molecule has 7 heteroatoms. The molecular formula is C19H23N5O2. The first-order valence-corrected chi connectivity index (χ1v) is 8.87. The molecule has 1 fully saturated rings.